The Balaban J connectivity index is 1.10. The lowest BCUT2D eigenvalue weighted by Gasteiger charge is -2.24. The molecule has 0 spiro atoms. The zero-order valence-electron chi connectivity index (χ0n) is 35.9. The maximum atomic E-state index is 15.1. The van der Waals surface area contributed by atoms with Crippen LogP contribution in [0.5, 0.6) is 23.0 Å². The number of ether oxygens (including phenoxy) is 2. The van der Waals surface area contributed by atoms with Gasteiger partial charge in [0.05, 0.1) is 12.2 Å². The lowest BCUT2D eigenvalue weighted by atomic mass is 9.87. The highest BCUT2D eigenvalue weighted by Gasteiger charge is 2.24. The average Bonchev–Trinajstić information content (AvgIpc) is 3.22. The zero-order chi connectivity index (χ0) is 43.3. The van der Waals surface area contributed by atoms with E-state index in [4.69, 9.17) is 9.47 Å². The molecule has 0 heterocycles. The summed E-state index contributed by atoms with van der Waals surface area (Å²) in [5.41, 5.74) is 11.1. The first-order valence-corrected chi connectivity index (χ1v) is 20.8. The Labute approximate surface area is 356 Å². The van der Waals surface area contributed by atoms with Crippen molar-refractivity contribution in [1.82, 2.24) is 0 Å². The van der Waals surface area contributed by atoms with Crippen molar-refractivity contribution in [3.63, 3.8) is 0 Å². The first-order valence-electron chi connectivity index (χ1n) is 20.8. The summed E-state index contributed by atoms with van der Waals surface area (Å²) in [6.07, 6.45) is -0.435. The van der Waals surface area contributed by atoms with Gasteiger partial charge in [0.1, 0.15) is 34.6 Å². The molecule has 8 rings (SSSR count). The first-order chi connectivity index (χ1) is 29.2. The second-order valence-corrected chi connectivity index (χ2v) is 16.6. The fraction of sp³-hybridized carbons (Fsp3) is 0.200. The molecule has 61 heavy (non-hydrogen) atoms. The van der Waals surface area contributed by atoms with E-state index in [0.29, 0.717) is 51.3 Å². The van der Waals surface area contributed by atoms with Crippen LogP contribution in [-0.4, -0.2) is 22.4 Å². The lowest BCUT2D eigenvalue weighted by Crippen LogP contribution is -2.23. The maximum absolute atomic E-state index is 15.1. The number of hydrogen-bond acceptors (Lipinski definition) is 4. The summed E-state index contributed by atoms with van der Waals surface area (Å²) in [5, 5.41) is 28.3. The summed E-state index contributed by atoms with van der Waals surface area (Å²) >= 11 is 0. The van der Waals surface area contributed by atoms with Crippen LogP contribution in [0, 0.1) is 53.2 Å². The zero-order valence-corrected chi connectivity index (χ0v) is 35.9. The summed E-state index contributed by atoms with van der Waals surface area (Å²) in [5.74, 6) is 0.00429. The molecule has 8 aromatic carbocycles. The van der Waals surface area contributed by atoms with Crippen molar-refractivity contribution in [1.29, 1.82) is 0 Å². The highest BCUT2D eigenvalue weighted by molar-refractivity contribution is 6.03. The van der Waals surface area contributed by atoms with E-state index in [1.165, 1.54) is 24.3 Å². The number of halogens is 2. The predicted molar refractivity (Wildman–Crippen MR) is 246 cm³/mol. The van der Waals surface area contributed by atoms with E-state index in [0.717, 1.165) is 66.1 Å². The van der Waals surface area contributed by atoms with E-state index in [1.807, 2.05) is 76.2 Å². The molecule has 6 heteroatoms. The molecule has 0 aliphatic heterocycles. The number of aryl methyl sites for hydroxylation is 4. The third kappa shape index (κ3) is 7.91. The van der Waals surface area contributed by atoms with Crippen LogP contribution >= 0.6 is 0 Å². The number of aromatic hydroxyl groups is 2. The number of phenolic OH excluding ortho intramolecular Hbond substituents is 2. The normalized spacial score (nSPS) is 12.5. The standard InChI is InChI=1S/C55H50F2O4/c1-30-21-46(54(58)48(23-30)52-36(7)32(3)25-38-13-9-11-15-42(38)52)44-28-40(56)17-19-50(44)60-34(5)27-35(6)61-51-20-18-41(57)29-45(51)47-22-31(2)24-49(55(47)59)53-37(8)33(4)26-39-14-10-12-16-43(39)53/h9-26,28-29,34-35,58-59H,27H2,1-8H3/t34-,35-/m1/s1. The molecule has 0 amide bonds. The van der Waals surface area contributed by atoms with Gasteiger partial charge in [-0.25, -0.2) is 8.78 Å². The number of phenols is 2. The van der Waals surface area contributed by atoms with Crippen molar-refractivity contribution in [3.05, 3.63) is 166 Å². The van der Waals surface area contributed by atoms with Gasteiger partial charge in [0.15, 0.2) is 0 Å². The molecule has 0 unspecified atom stereocenters. The molecule has 2 atom stereocenters. The Hall–Kier alpha value is -6.66. The van der Waals surface area contributed by atoms with Gasteiger partial charge in [0, 0.05) is 39.8 Å². The van der Waals surface area contributed by atoms with E-state index in [1.54, 1.807) is 12.1 Å². The molecule has 0 aliphatic carbocycles. The van der Waals surface area contributed by atoms with Crippen LogP contribution < -0.4 is 9.47 Å². The minimum Gasteiger partial charge on any atom is -0.507 e. The molecule has 0 aromatic heterocycles. The van der Waals surface area contributed by atoms with Crippen molar-refractivity contribution >= 4 is 21.5 Å². The average molecular weight is 813 g/mol. The third-order valence-corrected chi connectivity index (χ3v) is 12.0. The van der Waals surface area contributed by atoms with Gasteiger partial charge in [-0.05, 0) is 182 Å². The van der Waals surface area contributed by atoms with Crippen molar-refractivity contribution in [2.45, 2.75) is 74.0 Å². The van der Waals surface area contributed by atoms with Gasteiger partial charge in [0.2, 0.25) is 0 Å². The van der Waals surface area contributed by atoms with Crippen molar-refractivity contribution in [3.8, 4) is 67.5 Å². The molecule has 8 aromatic rings. The van der Waals surface area contributed by atoms with E-state index in [2.05, 4.69) is 64.1 Å². The molecule has 0 saturated carbocycles. The van der Waals surface area contributed by atoms with Gasteiger partial charge in [-0.3, -0.25) is 0 Å². The van der Waals surface area contributed by atoms with E-state index in [9.17, 15) is 10.2 Å². The minimum absolute atomic E-state index is 0.0430. The van der Waals surface area contributed by atoms with E-state index < -0.39 is 23.8 Å². The van der Waals surface area contributed by atoms with Crippen LogP contribution in [0.2, 0.25) is 0 Å². The third-order valence-electron chi connectivity index (χ3n) is 12.0. The van der Waals surface area contributed by atoms with Crippen molar-refractivity contribution in [2.24, 2.45) is 0 Å². The Morgan fingerprint density at radius 2 is 0.836 bits per heavy atom. The van der Waals surface area contributed by atoms with Gasteiger partial charge in [-0.2, -0.15) is 0 Å². The van der Waals surface area contributed by atoms with Gasteiger partial charge in [0.25, 0.3) is 0 Å². The minimum atomic E-state index is -0.455. The number of hydrogen-bond donors (Lipinski definition) is 2. The topological polar surface area (TPSA) is 58.9 Å². The fourth-order valence-corrected chi connectivity index (χ4v) is 8.85. The molecule has 0 radical (unpaired) electrons. The molecule has 2 N–H and O–H groups in total. The van der Waals surface area contributed by atoms with Gasteiger partial charge in [-0.15, -0.1) is 0 Å². The molecular weight excluding hydrogens is 763 g/mol. The van der Waals surface area contributed by atoms with Crippen molar-refractivity contribution < 1.29 is 28.5 Å². The second-order valence-electron chi connectivity index (χ2n) is 16.6. The number of rotatable bonds is 10. The lowest BCUT2D eigenvalue weighted by molar-refractivity contribution is 0.131. The van der Waals surface area contributed by atoms with Crippen LogP contribution in [-0.2, 0) is 0 Å². The largest absolute Gasteiger partial charge is 0.507 e. The molecular formula is C55H50F2O4. The molecule has 0 bridgehead atoms. The predicted octanol–water partition coefficient (Wildman–Crippen LogP) is 14.8. The van der Waals surface area contributed by atoms with Crippen LogP contribution in [0.4, 0.5) is 8.78 Å². The van der Waals surface area contributed by atoms with Crippen LogP contribution in [0.1, 0.15) is 53.6 Å². The highest BCUT2D eigenvalue weighted by atomic mass is 19.1. The van der Waals surface area contributed by atoms with E-state index in [-0.39, 0.29) is 11.5 Å². The van der Waals surface area contributed by atoms with Crippen LogP contribution in [0.15, 0.2) is 121 Å². The van der Waals surface area contributed by atoms with Crippen LogP contribution in [0.3, 0.4) is 0 Å². The smallest absolute Gasteiger partial charge is 0.131 e. The monoisotopic (exact) mass is 812 g/mol. The highest BCUT2D eigenvalue weighted by Crippen LogP contribution is 2.48. The molecule has 0 aliphatic rings. The summed E-state index contributed by atoms with van der Waals surface area (Å²) in [6, 6.07) is 36.9. The van der Waals surface area contributed by atoms with Gasteiger partial charge < -0.3 is 19.7 Å². The second kappa shape index (κ2) is 16.4. The Kier molecular flexibility index (Phi) is 11.1. The molecule has 0 saturated heterocycles. The molecule has 4 nitrogen and oxygen atoms in total. The summed E-state index contributed by atoms with van der Waals surface area (Å²) < 4.78 is 43.3. The molecule has 0 fully saturated rings. The molecule has 308 valence electrons. The fourth-order valence-electron chi connectivity index (χ4n) is 8.85. The summed E-state index contributed by atoms with van der Waals surface area (Å²) in [7, 11) is 0. The Bertz CT molecular complexity index is 2800. The van der Waals surface area contributed by atoms with Crippen molar-refractivity contribution in [2.75, 3.05) is 0 Å². The Morgan fingerprint density at radius 3 is 1.25 bits per heavy atom. The maximum Gasteiger partial charge on any atom is 0.131 e. The SMILES string of the molecule is Cc1cc(-c2cc(F)ccc2O[C@H](C)C[C@@H](C)Oc2ccc(F)cc2-c2cc(C)cc(-c3c(C)c(C)cc4ccccc34)c2O)c(O)c(-c2c(C)c(C)cc3ccccc23)c1. The number of fused-ring (bicyclic) bond motifs is 2. The summed E-state index contributed by atoms with van der Waals surface area (Å²) in [6.45, 7) is 16.0. The first kappa shape index (κ1) is 41.1. The Morgan fingerprint density at radius 1 is 0.459 bits per heavy atom. The van der Waals surface area contributed by atoms with E-state index >= 15 is 8.78 Å². The summed E-state index contributed by atoms with van der Waals surface area (Å²) in [4.78, 5) is 0. The quantitative estimate of drug-likeness (QED) is 0.144. The van der Waals surface area contributed by atoms with Gasteiger partial charge in [-0.1, -0.05) is 60.7 Å². The van der Waals surface area contributed by atoms with Gasteiger partial charge >= 0.3 is 0 Å². The number of benzene rings is 8. The van der Waals surface area contributed by atoms with Crippen LogP contribution in [0.25, 0.3) is 66.1 Å².